The maximum atomic E-state index is 8.55. The zero-order valence-corrected chi connectivity index (χ0v) is 9.82. The van der Waals surface area contributed by atoms with Crippen LogP contribution in [0.2, 0.25) is 0 Å². The van der Waals surface area contributed by atoms with Gasteiger partial charge in [-0.1, -0.05) is 18.5 Å². The van der Waals surface area contributed by atoms with Gasteiger partial charge in [0.15, 0.2) is 0 Å². The van der Waals surface area contributed by atoms with Crippen molar-refractivity contribution < 1.29 is 5.21 Å². The van der Waals surface area contributed by atoms with Crippen LogP contribution in [0.1, 0.15) is 46.0 Å². The van der Waals surface area contributed by atoms with Crippen molar-refractivity contribution in [1.29, 1.82) is 0 Å². The molecule has 0 aromatic carbocycles. The van der Waals surface area contributed by atoms with Crippen molar-refractivity contribution in [3.8, 4) is 0 Å². The highest BCUT2D eigenvalue weighted by atomic mass is 16.4. The Kier molecular flexibility index (Phi) is 4.88. The molecule has 2 atom stereocenters. The van der Waals surface area contributed by atoms with Crippen molar-refractivity contribution in [3.05, 3.63) is 0 Å². The van der Waals surface area contributed by atoms with E-state index in [9.17, 15) is 0 Å². The third kappa shape index (κ3) is 3.38. The SMILES string of the molecule is CCC1CCCCN1C(C)CC(N)=NO. The monoisotopic (exact) mass is 213 g/mol. The quantitative estimate of drug-likeness (QED) is 0.324. The summed E-state index contributed by atoms with van der Waals surface area (Å²) in [6.45, 7) is 5.55. The summed E-state index contributed by atoms with van der Waals surface area (Å²) in [7, 11) is 0. The van der Waals surface area contributed by atoms with Crippen LogP contribution in [0.4, 0.5) is 0 Å². The Bertz CT molecular complexity index is 218. The molecule has 0 bridgehead atoms. The predicted molar refractivity (Wildman–Crippen MR) is 62.1 cm³/mol. The van der Waals surface area contributed by atoms with Gasteiger partial charge in [-0.3, -0.25) is 4.90 Å². The summed E-state index contributed by atoms with van der Waals surface area (Å²) in [6, 6.07) is 1.06. The first kappa shape index (κ1) is 12.3. The molecule has 4 heteroatoms. The minimum absolute atomic E-state index is 0.336. The molecule has 1 saturated heterocycles. The predicted octanol–water partition coefficient (Wildman–Crippen LogP) is 1.78. The summed E-state index contributed by atoms with van der Waals surface area (Å²) >= 11 is 0. The highest BCUT2D eigenvalue weighted by Gasteiger charge is 2.25. The fraction of sp³-hybridized carbons (Fsp3) is 0.909. The van der Waals surface area contributed by atoms with Gasteiger partial charge in [0.2, 0.25) is 0 Å². The van der Waals surface area contributed by atoms with Gasteiger partial charge in [-0.2, -0.15) is 0 Å². The third-order valence-electron chi connectivity index (χ3n) is 3.34. The summed E-state index contributed by atoms with van der Waals surface area (Å²) in [4.78, 5) is 2.50. The van der Waals surface area contributed by atoms with E-state index in [1.165, 1.54) is 25.7 Å². The van der Waals surface area contributed by atoms with E-state index in [2.05, 4.69) is 23.9 Å². The fourth-order valence-electron chi connectivity index (χ4n) is 2.50. The molecule has 3 N–H and O–H groups in total. The molecule has 1 rings (SSSR count). The Morgan fingerprint density at radius 3 is 2.93 bits per heavy atom. The molecular weight excluding hydrogens is 190 g/mol. The number of likely N-dealkylation sites (tertiary alicyclic amines) is 1. The van der Waals surface area contributed by atoms with Crippen molar-refractivity contribution in [3.63, 3.8) is 0 Å². The number of rotatable bonds is 4. The lowest BCUT2D eigenvalue weighted by Crippen LogP contribution is -2.46. The van der Waals surface area contributed by atoms with Crippen LogP contribution in [0, 0.1) is 0 Å². The molecule has 0 spiro atoms. The molecule has 15 heavy (non-hydrogen) atoms. The van der Waals surface area contributed by atoms with Gasteiger partial charge >= 0.3 is 0 Å². The summed E-state index contributed by atoms with van der Waals surface area (Å²) in [5.74, 6) is 0.336. The van der Waals surface area contributed by atoms with Gasteiger partial charge in [0.25, 0.3) is 0 Å². The Morgan fingerprint density at radius 1 is 1.60 bits per heavy atom. The van der Waals surface area contributed by atoms with E-state index >= 15 is 0 Å². The van der Waals surface area contributed by atoms with E-state index in [1.54, 1.807) is 0 Å². The average molecular weight is 213 g/mol. The number of hydrogen-bond donors (Lipinski definition) is 2. The van der Waals surface area contributed by atoms with E-state index in [1.807, 2.05) is 0 Å². The summed E-state index contributed by atoms with van der Waals surface area (Å²) in [5, 5.41) is 11.6. The zero-order chi connectivity index (χ0) is 11.3. The average Bonchev–Trinajstić information content (AvgIpc) is 2.28. The molecule has 88 valence electrons. The van der Waals surface area contributed by atoms with Crippen LogP contribution in [0.25, 0.3) is 0 Å². The van der Waals surface area contributed by atoms with Crippen molar-refractivity contribution >= 4 is 5.84 Å². The third-order valence-corrected chi connectivity index (χ3v) is 3.34. The Labute approximate surface area is 92.1 Å². The Hall–Kier alpha value is -0.770. The van der Waals surface area contributed by atoms with E-state index < -0.39 is 0 Å². The number of nitrogens with zero attached hydrogens (tertiary/aromatic N) is 2. The Balaban J connectivity index is 2.51. The molecule has 1 aliphatic heterocycles. The number of piperidine rings is 1. The van der Waals surface area contributed by atoms with Crippen LogP contribution >= 0.6 is 0 Å². The van der Waals surface area contributed by atoms with E-state index in [0.717, 1.165) is 6.54 Å². The molecule has 1 heterocycles. The van der Waals surface area contributed by atoms with Crippen molar-refractivity contribution in [1.82, 2.24) is 4.90 Å². The van der Waals surface area contributed by atoms with Crippen LogP contribution in [0.5, 0.6) is 0 Å². The number of amidine groups is 1. The van der Waals surface area contributed by atoms with Gasteiger partial charge in [-0.15, -0.1) is 0 Å². The minimum Gasteiger partial charge on any atom is -0.409 e. The van der Waals surface area contributed by atoms with Crippen LogP contribution < -0.4 is 5.73 Å². The highest BCUT2D eigenvalue weighted by molar-refractivity contribution is 5.80. The maximum Gasteiger partial charge on any atom is 0.140 e. The first-order valence-corrected chi connectivity index (χ1v) is 5.91. The highest BCUT2D eigenvalue weighted by Crippen LogP contribution is 2.22. The lowest BCUT2D eigenvalue weighted by Gasteiger charge is -2.39. The van der Waals surface area contributed by atoms with Crippen LogP contribution in [0.15, 0.2) is 5.16 Å². The molecule has 0 aliphatic carbocycles. The van der Waals surface area contributed by atoms with Gasteiger partial charge < -0.3 is 10.9 Å². The minimum atomic E-state index is 0.336. The van der Waals surface area contributed by atoms with Gasteiger partial charge in [-0.05, 0) is 32.7 Å². The Morgan fingerprint density at radius 2 is 2.33 bits per heavy atom. The molecule has 0 amide bonds. The maximum absolute atomic E-state index is 8.55. The van der Waals surface area contributed by atoms with Crippen molar-refractivity contribution in [2.45, 2.75) is 58.0 Å². The second kappa shape index (κ2) is 5.95. The first-order valence-electron chi connectivity index (χ1n) is 5.91. The molecule has 0 aromatic rings. The van der Waals surface area contributed by atoms with Crippen LogP contribution in [-0.4, -0.2) is 34.6 Å². The topological polar surface area (TPSA) is 61.8 Å². The molecule has 2 unspecified atom stereocenters. The molecule has 1 fully saturated rings. The largest absolute Gasteiger partial charge is 0.409 e. The number of nitrogens with two attached hydrogens (primary N) is 1. The van der Waals surface area contributed by atoms with Gasteiger partial charge in [-0.25, -0.2) is 0 Å². The van der Waals surface area contributed by atoms with E-state index in [4.69, 9.17) is 10.9 Å². The summed E-state index contributed by atoms with van der Waals surface area (Å²) < 4.78 is 0. The molecule has 0 saturated carbocycles. The number of hydrogen-bond acceptors (Lipinski definition) is 3. The van der Waals surface area contributed by atoms with E-state index in [-0.39, 0.29) is 0 Å². The molecular formula is C11H23N3O. The lowest BCUT2D eigenvalue weighted by molar-refractivity contribution is 0.103. The van der Waals surface area contributed by atoms with Crippen LogP contribution in [-0.2, 0) is 0 Å². The van der Waals surface area contributed by atoms with Crippen molar-refractivity contribution in [2.24, 2.45) is 10.9 Å². The fourth-order valence-corrected chi connectivity index (χ4v) is 2.50. The van der Waals surface area contributed by atoms with Crippen LogP contribution in [0.3, 0.4) is 0 Å². The van der Waals surface area contributed by atoms with Gasteiger partial charge in [0.05, 0.1) is 0 Å². The van der Waals surface area contributed by atoms with Crippen molar-refractivity contribution in [2.75, 3.05) is 6.54 Å². The normalized spacial score (nSPS) is 26.5. The summed E-state index contributed by atoms with van der Waals surface area (Å²) in [5.41, 5.74) is 5.54. The second-order valence-electron chi connectivity index (χ2n) is 4.44. The second-order valence-corrected chi connectivity index (χ2v) is 4.44. The van der Waals surface area contributed by atoms with E-state index in [0.29, 0.717) is 24.3 Å². The van der Waals surface area contributed by atoms with Gasteiger partial charge in [0.1, 0.15) is 5.84 Å². The molecule has 0 aromatic heterocycles. The first-order chi connectivity index (χ1) is 7.19. The molecule has 4 nitrogen and oxygen atoms in total. The smallest absolute Gasteiger partial charge is 0.140 e. The lowest BCUT2D eigenvalue weighted by atomic mass is 9.97. The number of oxime groups is 1. The van der Waals surface area contributed by atoms with Gasteiger partial charge in [0, 0.05) is 18.5 Å². The molecule has 1 aliphatic rings. The molecule has 0 radical (unpaired) electrons. The zero-order valence-electron chi connectivity index (χ0n) is 9.82. The summed E-state index contributed by atoms with van der Waals surface area (Å²) in [6.07, 6.45) is 5.76. The standard InChI is InChI=1S/C11H23N3O/c1-3-10-6-4-5-7-14(10)9(2)8-11(12)13-15/h9-10,15H,3-8H2,1-2H3,(H2,12,13).